The summed E-state index contributed by atoms with van der Waals surface area (Å²) >= 11 is 1.99. The molecule has 2 rings (SSSR count). The SMILES string of the molecule is OCC1(NC2CSC2)CCC1. The minimum atomic E-state index is 0.131. The highest BCUT2D eigenvalue weighted by Gasteiger charge is 2.38. The maximum absolute atomic E-state index is 9.14. The van der Waals surface area contributed by atoms with Crippen LogP contribution < -0.4 is 5.32 Å². The summed E-state index contributed by atoms with van der Waals surface area (Å²) in [5.41, 5.74) is 0.131. The summed E-state index contributed by atoms with van der Waals surface area (Å²) < 4.78 is 0. The van der Waals surface area contributed by atoms with Gasteiger partial charge in [-0.25, -0.2) is 0 Å². The van der Waals surface area contributed by atoms with Crippen molar-refractivity contribution in [2.24, 2.45) is 0 Å². The second kappa shape index (κ2) is 2.96. The van der Waals surface area contributed by atoms with Gasteiger partial charge in [0.25, 0.3) is 0 Å². The first kappa shape index (κ1) is 7.90. The molecule has 0 bridgehead atoms. The molecule has 0 radical (unpaired) electrons. The highest BCUT2D eigenvalue weighted by molar-refractivity contribution is 8.00. The van der Waals surface area contributed by atoms with E-state index in [0.29, 0.717) is 12.6 Å². The third-order valence-electron chi connectivity index (χ3n) is 2.76. The normalized spacial score (nSPS) is 29.2. The van der Waals surface area contributed by atoms with Gasteiger partial charge >= 0.3 is 0 Å². The topological polar surface area (TPSA) is 32.3 Å². The van der Waals surface area contributed by atoms with Crippen LogP contribution in [0.2, 0.25) is 0 Å². The Morgan fingerprint density at radius 3 is 2.45 bits per heavy atom. The van der Waals surface area contributed by atoms with Crippen LogP contribution in [0.25, 0.3) is 0 Å². The van der Waals surface area contributed by atoms with E-state index in [1.54, 1.807) is 0 Å². The molecule has 0 amide bonds. The zero-order valence-electron chi connectivity index (χ0n) is 6.68. The third-order valence-corrected chi connectivity index (χ3v) is 4.04. The molecule has 0 aromatic carbocycles. The van der Waals surface area contributed by atoms with Crippen molar-refractivity contribution in [3.63, 3.8) is 0 Å². The lowest BCUT2D eigenvalue weighted by Gasteiger charge is -2.45. The van der Waals surface area contributed by atoms with Gasteiger partial charge in [0, 0.05) is 23.1 Å². The Morgan fingerprint density at radius 1 is 1.45 bits per heavy atom. The molecule has 64 valence electrons. The van der Waals surface area contributed by atoms with E-state index >= 15 is 0 Å². The van der Waals surface area contributed by atoms with E-state index in [0.717, 1.165) is 0 Å². The number of aliphatic hydroxyl groups is 1. The van der Waals surface area contributed by atoms with Crippen molar-refractivity contribution in [1.29, 1.82) is 0 Å². The third kappa shape index (κ3) is 1.42. The lowest BCUT2D eigenvalue weighted by Crippen LogP contribution is -2.60. The van der Waals surface area contributed by atoms with Gasteiger partial charge in [0.15, 0.2) is 0 Å². The van der Waals surface area contributed by atoms with Gasteiger partial charge < -0.3 is 10.4 Å². The summed E-state index contributed by atoms with van der Waals surface area (Å²) in [6.45, 7) is 0.328. The number of rotatable bonds is 3. The number of thioether (sulfide) groups is 1. The molecule has 1 saturated heterocycles. The zero-order valence-corrected chi connectivity index (χ0v) is 7.49. The van der Waals surface area contributed by atoms with Crippen LogP contribution in [-0.2, 0) is 0 Å². The molecule has 11 heavy (non-hydrogen) atoms. The fraction of sp³-hybridized carbons (Fsp3) is 1.00. The second-order valence-electron chi connectivity index (χ2n) is 3.67. The van der Waals surface area contributed by atoms with E-state index < -0.39 is 0 Å². The van der Waals surface area contributed by atoms with Gasteiger partial charge in [-0.05, 0) is 19.3 Å². The highest BCUT2D eigenvalue weighted by Crippen LogP contribution is 2.33. The van der Waals surface area contributed by atoms with E-state index in [2.05, 4.69) is 5.32 Å². The first-order valence-electron chi connectivity index (χ1n) is 4.31. The Balaban J connectivity index is 1.81. The summed E-state index contributed by atoms with van der Waals surface area (Å²) in [7, 11) is 0. The maximum Gasteiger partial charge on any atom is 0.0613 e. The van der Waals surface area contributed by atoms with Crippen molar-refractivity contribution >= 4 is 11.8 Å². The number of hydrogen-bond donors (Lipinski definition) is 2. The molecule has 0 spiro atoms. The van der Waals surface area contributed by atoms with Crippen molar-refractivity contribution in [3.05, 3.63) is 0 Å². The van der Waals surface area contributed by atoms with Gasteiger partial charge in [-0.2, -0.15) is 11.8 Å². The molecular weight excluding hydrogens is 158 g/mol. The Morgan fingerprint density at radius 2 is 2.18 bits per heavy atom. The van der Waals surface area contributed by atoms with Crippen molar-refractivity contribution in [1.82, 2.24) is 5.32 Å². The zero-order chi connectivity index (χ0) is 7.73. The molecule has 1 saturated carbocycles. The quantitative estimate of drug-likeness (QED) is 0.656. The van der Waals surface area contributed by atoms with Gasteiger partial charge in [0.2, 0.25) is 0 Å². The fourth-order valence-corrected chi connectivity index (χ4v) is 2.34. The standard InChI is InChI=1S/C8H15NOS/c10-6-8(2-1-3-8)9-7-4-11-5-7/h7,9-10H,1-6H2. The minimum absolute atomic E-state index is 0.131. The van der Waals surface area contributed by atoms with Crippen LogP contribution in [0.15, 0.2) is 0 Å². The van der Waals surface area contributed by atoms with Gasteiger partial charge in [0.1, 0.15) is 0 Å². The van der Waals surface area contributed by atoms with E-state index in [-0.39, 0.29) is 5.54 Å². The predicted molar refractivity (Wildman–Crippen MR) is 47.9 cm³/mol. The minimum Gasteiger partial charge on any atom is -0.394 e. The molecule has 3 heteroatoms. The Hall–Kier alpha value is 0.270. The van der Waals surface area contributed by atoms with Crippen molar-refractivity contribution in [2.45, 2.75) is 30.8 Å². The molecule has 0 atom stereocenters. The molecule has 2 nitrogen and oxygen atoms in total. The van der Waals surface area contributed by atoms with Gasteiger partial charge in [-0.1, -0.05) is 0 Å². The Kier molecular flexibility index (Phi) is 2.12. The molecule has 2 N–H and O–H groups in total. The summed E-state index contributed by atoms with van der Waals surface area (Å²) in [5, 5.41) is 12.7. The first-order chi connectivity index (χ1) is 5.35. The molecule has 0 unspecified atom stereocenters. The lowest BCUT2D eigenvalue weighted by atomic mass is 9.77. The van der Waals surface area contributed by atoms with E-state index in [1.807, 2.05) is 11.8 Å². The van der Waals surface area contributed by atoms with E-state index in [1.165, 1.54) is 30.8 Å². The van der Waals surface area contributed by atoms with Crippen LogP contribution in [-0.4, -0.2) is 34.8 Å². The van der Waals surface area contributed by atoms with Crippen molar-refractivity contribution in [2.75, 3.05) is 18.1 Å². The molecule has 1 heterocycles. The van der Waals surface area contributed by atoms with Crippen LogP contribution in [0, 0.1) is 0 Å². The van der Waals surface area contributed by atoms with E-state index in [4.69, 9.17) is 5.11 Å². The monoisotopic (exact) mass is 173 g/mol. The summed E-state index contributed by atoms with van der Waals surface area (Å²) in [6, 6.07) is 0.687. The largest absolute Gasteiger partial charge is 0.394 e. The summed E-state index contributed by atoms with van der Waals surface area (Å²) in [6.07, 6.45) is 3.63. The second-order valence-corrected chi connectivity index (χ2v) is 4.75. The first-order valence-corrected chi connectivity index (χ1v) is 5.46. The van der Waals surface area contributed by atoms with Gasteiger partial charge in [-0.3, -0.25) is 0 Å². The molecule has 0 aromatic rings. The highest BCUT2D eigenvalue weighted by atomic mass is 32.2. The maximum atomic E-state index is 9.14. The molecule has 2 aliphatic rings. The summed E-state index contributed by atoms with van der Waals surface area (Å²) in [5.74, 6) is 2.48. The van der Waals surface area contributed by atoms with Crippen molar-refractivity contribution < 1.29 is 5.11 Å². The molecule has 0 aromatic heterocycles. The average molecular weight is 173 g/mol. The smallest absolute Gasteiger partial charge is 0.0613 e. The number of aliphatic hydroxyl groups excluding tert-OH is 1. The average Bonchev–Trinajstić information content (AvgIpc) is 1.83. The van der Waals surface area contributed by atoms with Crippen molar-refractivity contribution in [3.8, 4) is 0 Å². The predicted octanol–water partition coefficient (Wildman–Crippen LogP) is 0.606. The van der Waals surface area contributed by atoms with Crippen LogP contribution in [0.3, 0.4) is 0 Å². The lowest BCUT2D eigenvalue weighted by molar-refractivity contribution is 0.0807. The summed E-state index contributed by atoms with van der Waals surface area (Å²) in [4.78, 5) is 0. The van der Waals surface area contributed by atoms with Crippen LogP contribution in [0.5, 0.6) is 0 Å². The molecular formula is C8H15NOS. The Bertz CT molecular complexity index is 138. The number of hydrogen-bond acceptors (Lipinski definition) is 3. The van der Waals surface area contributed by atoms with Gasteiger partial charge in [0.05, 0.1) is 6.61 Å². The van der Waals surface area contributed by atoms with E-state index in [9.17, 15) is 0 Å². The Labute approximate surface area is 71.7 Å². The van der Waals surface area contributed by atoms with Crippen LogP contribution in [0.4, 0.5) is 0 Å². The van der Waals surface area contributed by atoms with Crippen LogP contribution >= 0.6 is 11.8 Å². The fourth-order valence-electron chi connectivity index (χ4n) is 1.70. The van der Waals surface area contributed by atoms with Gasteiger partial charge in [-0.15, -0.1) is 0 Å². The molecule has 1 aliphatic heterocycles. The number of nitrogens with one attached hydrogen (secondary N) is 1. The molecule has 1 aliphatic carbocycles. The molecule has 2 fully saturated rings. The van der Waals surface area contributed by atoms with Crippen LogP contribution in [0.1, 0.15) is 19.3 Å².